The Morgan fingerprint density at radius 2 is 2.00 bits per heavy atom. The van der Waals surface area contributed by atoms with E-state index in [-0.39, 0.29) is 24.3 Å². The van der Waals surface area contributed by atoms with E-state index >= 15 is 0 Å². The number of benzene rings is 1. The van der Waals surface area contributed by atoms with Crippen molar-refractivity contribution >= 4 is 30.3 Å². The zero-order valence-electron chi connectivity index (χ0n) is 11.4. The van der Waals surface area contributed by atoms with E-state index in [1.807, 2.05) is 0 Å². The molecular weight excluding hydrogens is 282 g/mol. The van der Waals surface area contributed by atoms with Gasteiger partial charge in [-0.05, 0) is 24.3 Å². The number of carbonyl (C=O) groups is 1. The number of nitrogens with one attached hydrogen (secondary N) is 2. The van der Waals surface area contributed by atoms with E-state index in [9.17, 15) is 4.79 Å². The summed E-state index contributed by atoms with van der Waals surface area (Å²) in [6.07, 6.45) is 1.66. The molecule has 1 heterocycles. The molecule has 7 heteroatoms. The molecule has 2 N–H and O–H groups in total. The lowest BCUT2D eigenvalue weighted by Gasteiger charge is -2.11. The quantitative estimate of drug-likeness (QED) is 0.828. The number of ether oxygens (including phenoxy) is 2. The summed E-state index contributed by atoms with van der Waals surface area (Å²) in [7, 11) is 4.78. The largest absolute Gasteiger partial charge is 0.497 e. The maximum atomic E-state index is 11.7. The molecule has 2 rings (SSSR count). The number of halogens is 1. The van der Waals surface area contributed by atoms with Crippen LogP contribution in [0, 0.1) is 5.41 Å². The summed E-state index contributed by atoms with van der Waals surface area (Å²) < 4.78 is 10.4. The summed E-state index contributed by atoms with van der Waals surface area (Å²) in [4.78, 5) is 13.2. The van der Waals surface area contributed by atoms with Crippen LogP contribution in [0.2, 0.25) is 0 Å². The molecule has 1 amide bonds. The second-order valence-electron chi connectivity index (χ2n) is 4.00. The second-order valence-corrected chi connectivity index (χ2v) is 4.00. The van der Waals surface area contributed by atoms with Crippen LogP contribution in [0.3, 0.4) is 0 Å². The first kappa shape index (κ1) is 15.8. The van der Waals surface area contributed by atoms with Crippen LogP contribution in [0.5, 0.6) is 11.5 Å². The highest BCUT2D eigenvalue weighted by Gasteiger charge is 2.27. The fraction of sp³-hybridized carbons (Fsp3) is 0.231. The second kappa shape index (κ2) is 6.29. The molecule has 0 bridgehead atoms. The topological polar surface area (TPSA) is 74.6 Å². The number of hydrogen-bond acceptors (Lipinski definition) is 4. The molecule has 6 nitrogen and oxygen atoms in total. The van der Waals surface area contributed by atoms with E-state index in [2.05, 4.69) is 5.32 Å². The number of nitrogens with zero attached hydrogens (tertiary/aromatic N) is 1. The van der Waals surface area contributed by atoms with Crippen LogP contribution in [-0.4, -0.2) is 38.0 Å². The first-order valence-corrected chi connectivity index (χ1v) is 5.64. The van der Waals surface area contributed by atoms with Crippen molar-refractivity contribution in [3.05, 3.63) is 29.5 Å². The van der Waals surface area contributed by atoms with Crippen LogP contribution in [0.4, 0.5) is 0 Å². The summed E-state index contributed by atoms with van der Waals surface area (Å²) >= 11 is 0. The van der Waals surface area contributed by atoms with E-state index in [0.29, 0.717) is 22.8 Å². The van der Waals surface area contributed by atoms with Gasteiger partial charge in [0.15, 0.2) is 0 Å². The van der Waals surface area contributed by atoms with Crippen molar-refractivity contribution in [3.8, 4) is 11.5 Å². The lowest BCUT2D eigenvalue weighted by atomic mass is 10.1. The van der Waals surface area contributed by atoms with E-state index in [1.54, 1.807) is 45.5 Å². The summed E-state index contributed by atoms with van der Waals surface area (Å²) in [5.41, 5.74) is 1.10. The molecule has 0 unspecified atom stereocenters. The van der Waals surface area contributed by atoms with Crippen molar-refractivity contribution in [2.75, 3.05) is 21.3 Å². The molecule has 0 radical (unpaired) electrons. The molecular formula is C13H16ClN3O3. The standard InChI is InChI=1S/C13H15N3O3.ClH/c1-16-10(12(17)15-13(16)14)7-8-6-9(18-2)4-5-11(8)19-3;/h4-7H,1-3H3,(H2,14,15,17);1H/b10-7+;. The van der Waals surface area contributed by atoms with Gasteiger partial charge in [0.25, 0.3) is 5.91 Å². The predicted octanol–water partition coefficient (Wildman–Crippen LogP) is 1.46. The lowest BCUT2D eigenvalue weighted by molar-refractivity contribution is -0.115. The molecule has 0 atom stereocenters. The Labute approximate surface area is 123 Å². The van der Waals surface area contributed by atoms with Crippen LogP contribution in [0.25, 0.3) is 6.08 Å². The third kappa shape index (κ3) is 2.85. The maximum absolute atomic E-state index is 11.7. The minimum Gasteiger partial charge on any atom is -0.497 e. The average Bonchev–Trinajstić information content (AvgIpc) is 2.65. The Bertz CT molecular complexity index is 572. The van der Waals surface area contributed by atoms with Crippen LogP contribution >= 0.6 is 12.4 Å². The minimum atomic E-state index is -0.308. The molecule has 1 aromatic carbocycles. The normalized spacial score (nSPS) is 15.9. The van der Waals surface area contributed by atoms with E-state index in [0.717, 1.165) is 0 Å². The van der Waals surface area contributed by atoms with Crippen molar-refractivity contribution in [2.24, 2.45) is 0 Å². The Kier molecular flexibility index (Phi) is 4.99. The van der Waals surface area contributed by atoms with Gasteiger partial charge >= 0.3 is 0 Å². The molecule has 1 saturated heterocycles. The van der Waals surface area contributed by atoms with Crippen LogP contribution in [-0.2, 0) is 4.79 Å². The number of rotatable bonds is 3. The molecule has 0 spiro atoms. The Morgan fingerprint density at radius 3 is 2.50 bits per heavy atom. The minimum absolute atomic E-state index is 0. The number of methoxy groups -OCH3 is 2. The highest BCUT2D eigenvalue weighted by Crippen LogP contribution is 2.27. The average molecular weight is 298 g/mol. The Hall–Kier alpha value is -2.21. The Morgan fingerprint density at radius 1 is 1.30 bits per heavy atom. The molecule has 108 valence electrons. The molecule has 1 aliphatic rings. The van der Waals surface area contributed by atoms with Crippen molar-refractivity contribution in [1.82, 2.24) is 10.2 Å². The summed E-state index contributed by atoms with van der Waals surface area (Å²) in [6, 6.07) is 5.32. The van der Waals surface area contributed by atoms with E-state index in [4.69, 9.17) is 14.9 Å². The summed E-state index contributed by atoms with van der Waals surface area (Å²) in [5.74, 6) is 1.05. The van der Waals surface area contributed by atoms with Gasteiger partial charge in [-0.1, -0.05) is 0 Å². The van der Waals surface area contributed by atoms with Gasteiger partial charge in [-0.25, -0.2) is 0 Å². The molecule has 0 aliphatic carbocycles. The van der Waals surface area contributed by atoms with Crippen molar-refractivity contribution in [2.45, 2.75) is 0 Å². The number of amides is 1. The first-order valence-electron chi connectivity index (χ1n) is 5.64. The predicted molar refractivity (Wildman–Crippen MR) is 78.4 cm³/mol. The zero-order chi connectivity index (χ0) is 14.0. The van der Waals surface area contributed by atoms with Gasteiger partial charge in [0.1, 0.15) is 17.2 Å². The molecule has 1 fully saturated rings. The highest BCUT2D eigenvalue weighted by molar-refractivity contribution is 6.14. The summed E-state index contributed by atoms with van der Waals surface area (Å²) in [6.45, 7) is 0. The molecule has 0 saturated carbocycles. The maximum Gasteiger partial charge on any atom is 0.274 e. The van der Waals surface area contributed by atoms with Gasteiger partial charge in [0.2, 0.25) is 5.96 Å². The fourth-order valence-corrected chi connectivity index (χ4v) is 1.79. The van der Waals surface area contributed by atoms with Gasteiger partial charge in [-0.2, -0.15) is 0 Å². The number of hydrogen-bond donors (Lipinski definition) is 2. The van der Waals surface area contributed by atoms with Crippen LogP contribution < -0.4 is 14.8 Å². The van der Waals surface area contributed by atoms with Gasteiger partial charge in [-0.3, -0.25) is 15.5 Å². The zero-order valence-corrected chi connectivity index (χ0v) is 12.2. The van der Waals surface area contributed by atoms with Crippen molar-refractivity contribution in [1.29, 1.82) is 5.41 Å². The number of guanidine groups is 1. The molecule has 1 aliphatic heterocycles. The smallest absolute Gasteiger partial charge is 0.274 e. The van der Waals surface area contributed by atoms with Crippen molar-refractivity contribution < 1.29 is 14.3 Å². The number of carbonyl (C=O) groups excluding carboxylic acids is 1. The first-order chi connectivity index (χ1) is 9.06. The molecule has 0 aromatic heterocycles. The monoisotopic (exact) mass is 297 g/mol. The van der Waals surface area contributed by atoms with E-state index in [1.165, 1.54) is 4.90 Å². The van der Waals surface area contributed by atoms with Gasteiger partial charge in [0, 0.05) is 12.6 Å². The lowest BCUT2D eigenvalue weighted by Crippen LogP contribution is -2.25. The molecule has 20 heavy (non-hydrogen) atoms. The number of likely N-dealkylation sites (N-methyl/N-ethyl adjacent to an activating group) is 1. The Balaban J connectivity index is 0.00000200. The van der Waals surface area contributed by atoms with Gasteiger partial charge < -0.3 is 14.4 Å². The van der Waals surface area contributed by atoms with Crippen molar-refractivity contribution in [3.63, 3.8) is 0 Å². The van der Waals surface area contributed by atoms with Crippen LogP contribution in [0.15, 0.2) is 23.9 Å². The van der Waals surface area contributed by atoms with Gasteiger partial charge in [-0.15, -0.1) is 12.4 Å². The molecule has 1 aromatic rings. The third-order valence-corrected chi connectivity index (χ3v) is 2.89. The van der Waals surface area contributed by atoms with Gasteiger partial charge in [0.05, 0.1) is 14.2 Å². The van der Waals surface area contributed by atoms with E-state index < -0.39 is 0 Å². The fourth-order valence-electron chi connectivity index (χ4n) is 1.79. The highest BCUT2D eigenvalue weighted by atomic mass is 35.5. The van der Waals surface area contributed by atoms with Crippen LogP contribution in [0.1, 0.15) is 5.56 Å². The summed E-state index contributed by atoms with van der Waals surface area (Å²) in [5, 5.41) is 9.99. The third-order valence-electron chi connectivity index (χ3n) is 2.89. The SMILES string of the molecule is COc1ccc(OC)c(/C=C2\C(=O)NC(=N)N2C)c1.Cl.